The van der Waals surface area contributed by atoms with Gasteiger partial charge < -0.3 is 10.2 Å². The van der Waals surface area contributed by atoms with Gasteiger partial charge in [-0.25, -0.2) is 0 Å². The molecule has 1 aromatic carbocycles. The molecule has 3 heterocycles. The van der Waals surface area contributed by atoms with Crippen LogP contribution in [0.3, 0.4) is 0 Å². The summed E-state index contributed by atoms with van der Waals surface area (Å²) in [5.41, 5.74) is 4.23. The summed E-state index contributed by atoms with van der Waals surface area (Å²) in [6.45, 7) is 4.93. The van der Waals surface area contributed by atoms with Gasteiger partial charge in [-0.1, -0.05) is 38.1 Å². The van der Waals surface area contributed by atoms with Gasteiger partial charge in [0.15, 0.2) is 5.82 Å². The van der Waals surface area contributed by atoms with Crippen LogP contribution in [-0.4, -0.2) is 33.1 Å². The van der Waals surface area contributed by atoms with Gasteiger partial charge in [-0.3, -0.25) is 19.3 Å². The lowest BCUT2D eigenvalue weighted by Crippen LogP contribution is -2.37. The minimum atomic E-state index is -0.295. The van der Waals surface area contributed by atoms with Crippen molar-refractivity contribution < 1.29 is 9.59 Å². The molecule has 1 N–H and O–H groups in total. The molecule has 160 valence electrons. The lowest BCUT2D eigenvalue weighted by atomic mass is 10.00. The van der Waals surface area contributed by atoms with Crippen LogP contribution in [-0.2, 0) is 24.7 Å². The zero-order chi connectivity index (χ0) is 22.0. The fraction of sp³-hybridized carbons (Fsp3) is 0.333. The largest absolute Gasteiger partial charge is 0.310 e. The van der Waals surface area contributed by atoms with Gasteiger partial charge in [-0.05, 0) is 36.0 Å². The molecule has 2 aromatic heterocycles. The minimum Gasteiger partial charge on any atom is -0.310 e. The molecule has 0 spiro atoms. The second-order valence-electron chi connectivity index (χ2n) is 8.24. The zero-order valence-corrected chi connectivity index (χ0v) is 18.1. The number of aryl methyl sites for hydroxylation is 2. The molecular weight excluding hydrogens is 390 g/mol. The molecule has 1 aliphatic heterocycles. The molecule has 0 saturated heterocycles. The quantitative estimate of drug-likeness (QED) is 0.686. The first-order chi connectivity index (χ1) is 14.9. The predicted molar refractivity (Wildman–Crippen MR) is 120 cm³/mol. The molecule has 0 saturated carbocycles. The molecule has 31 heavy (non-hydrogen) atoms. The first-order valence-corrected chi connectivity index (χ1v) is 10.6. The molecule has 3 aromatic rings. The molecule has 7 heteroatoms. The van der Waals surface area contributed by atoms with Gasteiger partial charge in [0.05, 0.1) is 23.4 Å². The van der Waals surface area contributed by atoms with Crippen molar-refractivity contribution in [2.75, 3.05) is 16.8 Å². The van der Waals surface area contributed by atoms with E-state index in [1.54, 1.807) is 41.2 Å². The first kappa shape index (κ1) is 20.8. The van der Waals surface area contributed by atoms with Crippen LogP contribution in [0.15, 0.2) is 48.8 Å². The van der Waals surface area contributed by atoms with Crippen LogP contribution >= 0.6 is 0 Å². The molecule has 0 radical (unpaired) electrons. The van der Waals surface area contributed by atoms with Crippen LogP contribution in [0, 0.1) is 0 Å². The van der Waals surface area contributed by atoms with Crippen molar-refractivity contribution in [1.82, 2.24) is 14.8 Å². The fourth-order valence-electron chi connectivity index (χ4n) is 3.78. The molecule has 0 aliphatic carbocycles. The number of carbonyl (C=O) groups is 2. The van der Waals surface area contributed by atoms with Gasteiger partial charge in [0.25, 0.3) is 5.91 Å². The molecular formula is C24H27N5O2. The normalized spacial score (nSPS) is 13.2. The van der Waals surface area contributed by atoms with E-state index in [-0.39, 0.29) is 11.8 Å². The number of benzene rings is 1. The van der Waals surface area contributed by atoms with E-state index in [0.717, 1.165) is 29.8 Å². The van der Waals surface area contributed by atoms with E-state index in [1.807, 2.05) is 12.1 Å². The lowest BCUT2D eigenvalue weighted by Gasteiger charge is -2.29. The third-order valence-corrected chi connectivity index (χ3v) is 5.55. The van der Waals surface area contributed by atoms with E-state index in [0.29, 0.717) is 30.3 Å². The number of amides is 2. The maximum Gasteiger partial charge on any atom is 0.258 e. The third-order valence-electron chi connectivity index (χ3n) is 5.55. The lowest BCUT2D eigenvalue weighted by molar-refractivity contribution is -0.118. The zero-order valence-electron chi connectivity index (χ0n) is 18.1. The van der Waals surface area contributed by atoms with Crippen LogP contribution in [0.5, 0.6) is 0 Å². The summed E-state index contributed by atoms with van der Waals surface area (Å²) in [4.78, 5) is 32.0. The Kier molecular flexibility index (Phi) is 5.84. The number of hydrogen-bond donors (Lipinski definition) is 1. The summed E-state index contributed by atoms with van der Waals surface area (Å²) in [6.07, 6.45) is 5.30. The van der Waals surface area contributed by atoms with Crippen LogP contribution in [0.25, 0.3) is 0 Å². The Morgan fingerprint density at radius 1 is 1.16 bits per heavy atom. The van der Waals surface area contributed by atoms with Crippen LogP contribution in [0.2, 0.25) is 0 Å². The fourth-order valence-corrected chi connectivity index (χ4v) is 3.78. The molecule has 2 amide bonds. The first-order valence-electron chi connectivity index (χ1n) is 10.6. The average molecular weight is 418 g/mol. The summed E-state index contributed by atoms with van der Waals surface area (Å²) in [5, 5.41) is 6.94. The van der Waals surface area contributed by atoms with E-state index >= 15 is 0 Å². The highest BCUT2D eigenvalue weighted by Gasteiger charge is 2.25. The van der Waals surface area contributed by atoms with E-state index < -0.39 is 0 Å². The van der Waals surface area contributed by atoms with Gasteiger partial charge in [0, 0.05) is 32.1 Å². The van der Waals surface area contributed by atoms with Gasteiger partial charge in [-0.15, -0.1) is 0 Å². The number of pyridine rings is 1. The van der Waals surface area contributed by atoms with Crippen molar-refractivity contribution in [1.29, 1.82) is 0 Å². The topological polar surface area (TPSA) is 80.1 Å². The van der Waals surface area contributed by atoms with Crippen molar-refractivity contribution >= 4 is 23.3 Å². The Morgan fingerprint density at radius 3 is 2.61 bits per heavy atom. The molecule has 0 bridgehead atoms. The molecule has 0 atom stereocenters. The number of rotatable bonds is 5. The maximum absolute atomic E-state index is 13.1. The summed E-state index contributed by atoms with van der Waals surface area (Å²) in [7, 11) is 1.79. The van der Waals surface area contributed by atoms with Gasteiger partial charge in [-0.2, -0.15) is 5.10 Å². The second-order valence-corrected chi connectivity index (χ2v) is 8.24. The predicted octanol–water partition coefficient (Wildman–Crippen LogP) is 3.71. The van der Waals surface area contributed by atoms with Crippen molar-refractivity contribution in [2.45, 2.75) is 39.0 Å². The Bertz CT molecular complexity index is 1100. The maximum atomic E-state index is 13.1. The molecule has 0 unspecified atom stereocenters. The smallest absolute Gasteiger partial charge is 0.258 e. The number of nitrogens with zero attached hydrogens (tertiary/aromatic N) is 4. The van der Waals surface area contributed by atoms with Gasteiger partial charge >= 0.3 is 0 Å². The van der Waals surface area contributed by atoms with Gasteiger partial charge in [0.2, 0.25) is 5.91 Å². The Hall–Kier alpha value is -3.48. The van der Waals surface area contributed by atoms with E-state index in [4.69, 9.17) is 0 Å². The Balaban J connectivity index is 1.52. The number of nitrogens with one attached hydrogen (secondary N) is 1. The Labute approximate surface area is 182 Å². The summed E-state index contributed by atoms with van der Waals surface area (Å²) < 4.78 is 1.62. The third kappa shape index (κ3) is 4.66. The van der Waals surface area contributed by atoms with Crippen molar-refractivity contribution in [3.8, 4) is 0 Å². The van der Waals surface area contributed by atoms with E-state index in [1.165, 1.54) is 5.56 Å². The summed E-state index contributed by atoms with van der Waals surface area (Å²) in [6, 6.07) is 11.7. The van der Waals surface area contributed by atoms with E-state index in [2.05, 4.69) is 41.4 Å². The van der Waals surface area contributed by atoms with E-state index in [9.17, 15) is 9.59 Å². The monoisotopic (exact) mass is 417 g/mol. The minimum absolute atomic E-state index is 0.0160. The van der Waals surface area contributed by atoms with Crippen molar-refractivity contribution in [2.24, 2.45) is 7.05 Å². The van der Waals surface area contributed by atoms with Gasteiger partial charge in [0.1, 0.15) is 0 Å². The highest BCUT2D eigenvalue weighted by molar-refractivity contribution is 6.05. The molecule has 4 rings (SSSR count). The highest BCUT2D eigenvalue weighted by Crippen LogP contribution is 2.27. The molecule has 0 fully saturated rings. The summed E-state index contributed by atoms with van der Waals surface area (Å²) >= 11 is 0. The van der Waals surface area contributed by atoms with Crippen LogP contribution < -0.4 is 10.2 Å². The Morgan fingerprint density at radius 2 is 1.94 bits per heavy atom. The standard InChI is InChI=1S/C24H27N5O2/c1-16(2)18-8-6-17(7-9-18)13-23(30)29-11-4-5-20-21(29)14-19(15-25-20)24(31)26-22-10-12-28(3)27-22/h6-10,12,14-16H,4-5,11,13H2,1-3H3,(H,26,27,31). The van der Waals surface area contributed by atoms with Crippen LogP contribution in [0.4, 0.5) is 11.5 Å². The van der Waals surface area contributed by atoms with Crippen molar-refractivity contribution in [3.05, 3.63) is 71.2 Å². The average Bonchev–Trinajstić information content (AvgIpc) is 3.17. The second kappa shape index (κ2) is 8.71. The van der Waals surface area contributed by atoms with Crippen LogP contribution in [0.1, 0.15) is 53.4 Å². The van der Waals surface area contributed by atoms with Crippen molar-refractivity contribution in [3.63, 3.8) is 0 Å². The number of carbonyl (C=O) groups excluding carboxylic acids is 2. The molecule has 1 aliphatic rings. The number of hydrogen-bond acceptors (Lipinski definition) is 4. The number of anilines is 2. The molecule has 7 nitrogen and oxygen atoms in total. The highest BCUT2D eigenvalue weighted by atomic mass is 16.2. The SMILES string of the molecule is CC(C)c1ccc(CC(=O)N2CCCc3ncc(C(=O)Nc4ccn(C)n4)cc32)cc1. The summed E-state index contributed by atoms with van der Waals surface area (Å²) in [5.74, 6) is 0.655. The number of aromatic nitrogens is 3. The number of fused-ring (bicyclic) bond motifs is 1.